The van der Waals surface area contributed by atoms with Crippen molar-refractivity contribution in [3.63, 3.8) is 0 Å². The molecule has 0 saturated carbocycles. The Kier molecular flexibility index (Phi) is 5.21. The maximum Gasteiger partial charge on any atom is 0.312 e. The van der Waals surface area contributed by atoms with Crippen LogP contribution in [0.25, 0.3) is 0 Å². The molecule has 0 N–H and O–H groups in total. The zero-order valence-electron chi connectivity index (χ0n) is 15.4. The van der Waals surface area contributed by atoms with Crippen LogP contribution in [0.4, 0.5) is 0 Å². The zero-order valence-corrected chi connectivity index (χ0v) is 15.4. The van der Waals surface area contributed by atoms with Crippen molar-refractivity contribution < 1.29 is 9.53 Å². The van der Waals surface area contributed by atoms with Crippen LogP contribution >= 0.6 is 0 Å². The fourth-order valence-electron chi connectivity index (χ4n) is 2.65. The van der Waals surface area contributed by atoms with E-state index < -0.39 is 11.5 Å². The molecule has 3 rings (SSSR count). The summed E-state index contributed by atoms with van der Waals surface area (Å²) in [5.74, 6) is 0.471. The topological polar surface area (TPSA) is 44.1 Å². The SMILES string of the molecule is CC(C)(C)C(=O)OC(c1ccccc1)c1nccn1Cc1ccccc1. The lowest BCUT2D eigenvalue weighted by molar-refractivity contribution is -0.157. The normalized spacial score (nSPS) is 12.6. The lowest BCUT2D eigenvalue weighted by Gasteiger charge is -2.24. The Hall–Kier alpha value is -2.88. The van der Waals surface area contributed by atoms with Gasteiger partial charge in [-0.25, -0.2) is 4.98 Å². The maximum absolute atomic E-state index is 12.6. The third-order valence-electron chi connectivity index (χ3n) is 4.12. The van der Waals surface area contributed by atoms with Crippen molar-refractivity contribution in [1.82, 2.24) is 9.55 Å². The van der Waals surface area contributed by atoms with Crippen LogP contribution in [0.2, 0.25) is 0 Å². The molecule has 4 nitrogen and oxygen atoms in total. The fourth-order valence-corrected chi connectivity index (χ4v) is 2.65. The van der Waals surface area contributed by atoms with E-state index in [0.717, 1.165) is 11.4 Å². The molecule has 0 spiro atoms. The smallest absolute Gasteiger partial charge is 0.312 e. The maximum atomic E-state index is 12.6. The third kappa shape index (κ3) is 4.20. The van der Waals surface area contributed by atoms with E-state index in [1.807, 2.05) is 80.1 Å². The van der Waals surface area contributed by atoms with Gasteiger partial charge in [0.2, 0.25) is 0 Å². The first kappa shape index (κ1) is 17.9. The predicted molar refractivity (Wildman–Crippen MR) is 102 cm³/mol. The van der Waals surface area contributed by atoms with Gasteiger partial charge in [-0.1, -0.05) is 60.7 Å². The van der Waals surface area contributed by atoms with Gasteiger partial charge in [-0.15, -0.1) is 0 Å². The minimum absolute atomic E-state index is 0.249. The number of aromatic nitrogens is 2. The molecule has 0 fully saturated rings. The van der Waals surface area contributed by atoms with Crippen molar-refractivity contribution >= 4 is 5.97 Å². The Morgan fingerprint density at radius 1 is 1.04 bits per heavy atom. The second-order valence-electron chi connectivity index (χ2n) is 7.34. The van der Waals surface area contributed by atoms with Crippen LogP contribution in [0.5, 0.6) is 0 Å². The van der Waals surface area contributed by atoms with Gasteiger partial charge in [0, 0.05) is 24.5 Å². The molecule has 0 aliphatic carbocycles. The number of benzene rings is 2. The van der Waals surface area contributed by atoms with Crippen LogP contribution in [-0.2, 0) is 16.1 Å². The highest BCUT2D eigenvalue weighted by atomic mass is 16.5. The molecular weight excluding hydrogens is 324 g/mol. The van der Waals surface area contributed by atoms with Crippen LogP contribution in [0.15, 0.2) is 73.1 Å². The van der Waals surface area contributed by atoms with Gasteiger partial charge in [-0.2, -0.15) is 0 Å². The van der Waals surface area contributed by atoms with Gasteiger partial charge in [0.1, 0.15) is 0 Å². The molecular formula is C22H24N2O2. The Morgan fingerprint density at radius 3 is 2.27 bits per heavy atom. The lowest BCUT2D eigenvalue weighted by Crippen LogP contribution is -2.26. The van der Waals surface area contributed by atoms with E-state index in [0.29, 0.717) is 6.54 Å². The molecule has 4 heteroatoms. The van der Waals surface area contributed by atoms with E-state index in [2.05, 4.69) is 17.1 Å². The van der Waals surface area contributed by atoms with Crippen molar-refractivity contribution in [2.24, 2.45) is 5.41 Å². The Bertz CT molecular complexity index is 849. The molecule has 26 heavy (non-hydrogen) atoms. The monoisotopic (exact) mass is 348 g/mol. The first-order valence-corrected chi connectivity index (χ1v) is 8.76. The number of rotatable bonds is 5. The van der Waals surface area contributed by atoms with Crippen LogP contribution in [0.1, 0.15) is 43.8 Å². The summed E-state index contributed by atoms with van der Waals surface area (Å²) < 4.78 is 7.93. The summed E-state index contributed by atoms with van der Waals surface area (Å²) in [4.78, 5) is 17.1. The average Bonchev–Trinajstić information content (AvgIpc) is 3.08. The number of ether oxygens (including phenoxy) is 1. The summed E-state index contributed by atoms with van der Waals surface area (Å²) in [7, 11) is 0. The van der Waals surface area contributed by atoms with Crippen molar-refractivity contribution in [1.29, 1.82) is 0 Å². The van der Waals surface area contributed by atoms with Crippen molar-refractivity contribution in [2.75, 3.05) is 0 Å². The molecule has 0 aliphatic rings. The molecule has 2 aromatic carbocycles. The standard InChI is InChI=1S/C22H24N2O2/c1-22(2,3)21(25)26-19(18-12-8-5-9-13-18)20-23-14-15-24(20)16-17-10-6-4-7-11-17/h4-15,19H,16H2,1-3H3. The van der Waals surface area contributed by atoms with Gasteiger partial charge in [0.15, 0.2) is 11.9 Å². The van der Waals surface area contributed by atoms with E-state index in [1.165, 1.54) is 5.56 Å². The largest absolute Gasteiger partial charge is 0.449 e. The van der Waals surface area contributed by atoms with Gasteiger partial charge in [0.05, 0.1) is 5.41 Å². The summed E-state index contributed by atoms with van der Waals surface area (Å²) in [6.07, 6.45) is 3.13. The van der Waals surface area contributed by atoms with Crippen molar-refractivity contribution in [3.8, 4) is 0 Å². The molecule has 0 radical (unpaired) electrons. The number of carbonyl (C=O) groups is 1. The Balaban J connectivity index is 1.95. The summed E-state index contributed by atoms with van der Waals surface area (Å²) in [5.41, 5.74) is 1.50. The van der Waals surface area contributed by atoms with E-state index in [1.54, 1.807) is 6.20 Å². The van der Waals surface area contributed by atoms with Gasteiger partial charge in [-0.3, -0.25) is 4.79 Å². The van der Waals surface area contributed by atoms with E-state index in [9.17, 15) is 4.79 Å². The number of carbonyl (C=O) groups excluding carboxylic acids is 1. The van der Waals surface area contributed by atoms with Crippen LogP contribution in [0, 0.1) is 5.41 Å². The number of hydrogen-bond donors (Lipinski definition) is 0. The van der Waals surface area contributed by atoms with Crippen molar-refractivity contribution in [3.05, 3.63) is 90.0 Å². The molecule has 1 atom stereocenters. The predicted octanol–water partition coefficient (Wildman–Crippen LogP) is 4.61. The molecule has 0 bridgehead atoms. The van der Waals surface area contributed by atoms with Gasteiger partial charge >= 0.3 is 5.97 Å². The highest BCUT2D eigenvalue weighted by Gasteiger charge is 2.30. The summed E-state index contributed by atoms with van der Waals surface area (Å²) in [6, 6.07) is 19.9. The molecule has 1 aromatic heterocycles. The number of imidazole rings is 1. The van der Waals surface area contributed by atoms with Gasteiger partial charge in [0.25, 0.3) is 0 Å². The van der Waals surface area contributed by atoms with Gasteiger partial charge in [-0.05, 0) is 26.3 Å². The average molecular weight is 348 g/mol. The van der Waals surface area contributed by atoms with E-state index in [4.69, 9.17) is 4.74 Å². The van der Waals surface area contributed by atoms with Crippen molar-refractivity contribution in [2.45, 2.75) is 33.4 Å². The Labute approximate surface area is 154 Å². The summed E-state index contributed by atoms with van der Waals surface area (Å²) in [5, 5.41) is 0. The molecule has 0 saturated heterocycles. The van der Waals surface area contributed by atoms with Crippen LogP contribution < -0.4 is 0 Å². The fraction of sp³-hybridized carbons (Fsp3) is 0.273. The number of esters is 1. The molecule has 3 aromatic rings. The highest BCUT2D eigenvalue weighted by Crippen LogP contribution is 2.29. The quantitative estimate of drug-likeness (QED) is 0.633. The molecule has 1 unspecified atom stereocenters. The first-order valence-electron chi connectivity index (χ1n) is 8.76. The minimum Gasteiger partial charge on any atom is -0.449 e. The second-order valence-corrected chi connectivity index (χ2v) is 7.34. The van der Waals surface area contributed by atoms with E-state index in [-0.39, 0.29) is 5.97 Å². The molecule has 134 valence electrons. The third-order valence-corrected chi connectivity index (χ3v) is 4.12. The lowest BCUT2D eigenvalue weighted by atomic mass is 9.97. The minimum atomic E-state index is -0.579. The van der Waals surface area contributed by atoms with Crippen LogP contribution in [0.3, 0.4) is 0 Å². The summed E-state index contributed by atoms with van der Waals surface area (Å²) in [6.45, 7) is 6.24. The number of hydrogen-bond acceptors (Lipinski definition) is 3. The molecule has 1 heterocycles. The second kappa shape index (κ2) is 7.56. The molecule has 0 amide bonds. The van der Waals surface area contributed by atoms with Crippen LogP contribution in [-0.4, -0.2) is 15.5 Å². The highest BCUT2D eigenvalue weighted by molar-refractivity contribution is 5.75. The number of nitrogens with zero attached hydrogens (tertiary/aromatic N) is 2. The Morgan fingerprint density at radius 2 is 1.65 bits per heavy atom. The zero-order chi connectivity index (χ0) is 18.6. The summed E-state index contributed by atoms with van der Waals surface area (Å²) >= 11 is 0. The van der Waals surface area contributed by atoms with Gasteiger partial charge < -0.3 is 9.30 Å². The first-order chi connectivity index (χ1) is 12.4. The molecule has 0 aliphatic heterocycles. The van der Waals surface area contributed by atoms with E-state index >= 15 is 0 Å².